The van der Waals surface area contributed by atoms with Crippen LogP contribution in [0.4, 0.5) is 0 Å². The van der Waals surface area contributed by atoms with Crippen LogP contribution in [0.2, 0.25) is 5.02 Å². The van der Waals surface area contributed by atoms with Crippen LogP contribution >= 0.6 is 11.6 Å². The molecule has 0 bridgehead atoms. The molecule has 27 heavy (non-hydrogen) atoms. The van der Waals surface area contributed by atoms with E-state index >= 15 is 0 Å². The molecule has 6 nitrogen and oxygen atoms in total. The molecule has 1 fully saturated rings. The number of hydrogen-bond donors (Lipinski definition) is 1. The first-order valence-corrected chi connectivity index (χ1v) is 9.40. The molecule has 2 aromatic heterocycles. The Balaban J connectivity index is 1.45. The number of nitrogens with one attached hydrogen (secondary N) is 1. The Kier molecular flexibility index (Phi) is 4.74. The number of rotatable bonds is 6. The van der Waals surface area contributed by atoms with E-state index in [1.54, 1.807) is 0 Å². The van der Waals surface area contributed by atoms with Gasteiger partial charge < -0.3 is 14.3 Å². The van der Waals surface area contributed by atoms with Crippen LogP contribution in [0.5, 0.6) is 0 Å². The summed E-state index contributed by atoms with van der Waals surface area (Å²) in [6.45, 7) is 4.62. The Labute approximate surface area is 162 Å². The Morgan fingerprint density at radius 1 is 1.30 bits per heavy atom. The number of aryl methyl sites for hydroxylation is 1. The molecular weight excluding hydrogens is 364 g/mol. The molecule has 0 atom stereocenters. The van der Waals surface area contributed by atoms with Crippen molar-refractivity contribution in [3.8, 4) is 11.5 Å². The van der Waals surface area contributed by atoms with Gasteiger partial charge in [0.1, 0.15) is 6.54 Å². The predicted molar refractivity (Wildman–Crippen MR) is 102 cm³/mol. The zero-order chi connectivity index (χ0) is 19.0. The van der Waals surface area contributed by atoms with Gasteiger partial charge >= 0.3 is 0 Å². The fourth-order valence-electron chi connectivity index (χ4n) is 3.15. The normalized spacial score (nSPS) is 13.7. The van der Waals surface area contributed by atoms with Gasteiger partial charge in [0, 0.05) is 28.9 Å². The number of aromatic nitrogens is 3. The third kappa shape index (κ3) is 3.90. The van der Waals surface area contributed by atoms with E-state index < -0.39 is 0 Å². The van der Waals surface area contributed by atoms with Crippen molar-refractivity contribution in [3.63, 3.8) is 0 Å². The van der Waals surface area contributed by atoms with E-state index in [0.717, 1.165) is 35.4 Å². The fraction of sp³-hybridized carbons (Fsp3) is 0.350. The summed E-state index contributed by atoms with van der Waals surface area (Å²) in [7, 11) is 0. The summed E-state index contributed by atoms with van der Waals surface area (Å²) in [5, 5.41) is 11.9. The molecule has 0 unspecified atom stereocenters. The first kappa shape index (κ1) is 17.8. The zero-order valence-corrected chi connectivity index (χ0v) is 16.1. The van der Waals surface area contributed by atoms with Gasteiger partial charge in [-0.15, -0.1) is 10.2 Å². The van der Waals surface area contributed by atoms with Gasteiger partial charge in [0.25, 0.3) is 0 Å². The maximum atomic E-state index is 12.4. The summed E-state index contributed by atoms with van der Waals surface area (Å²) in [4.78, 5) is 12.4. The Morgan fingerprint density at radius 3 is 2.85 bits per heavy atom. The van der Waals surface area contributed by atoms with Crippen molar-refractivity contribution < 1.29 is 9.21 Å². The van der Waals surface area contributed by atoms with Gasteiger partial charge in [-0.25, -0.2) is 0 Å². The van der Waals surface area contributed by atoms with Crippen molar-refractivity contribution in [2.45, 2.75) is 45.7 Å². The SMILES string of the molecule is Cc1cc(-c2nnc(C3CC3)o2)c(C)n1CC(=O)NCc1cccc(Cl)c1. The van der Waals surface area contributed by atoms with E-state index in [2.05, 4.69) is 15.5 Å². The first-order valence-electron chi connectivity index (χ1n) is 9.03. The lowest BCUT2D eigenvalue weighted by Crippen LogP contribution is -2.27. The van der Waals surface area contributed by atoms with E-state index in [4.69, 9.17) is 16.0 Å². The van der Waals surface area contributed by atoms with Crippen LogP contribution in [0.1, 0.15) is 41.6 Å². The minimum absolute atomic E-state index is 0.0625. The lowest BCUT2D eigenvalue weighted by atomic mass is 10.2. The van der Waals surface area contributed by atoms with E-state index in [-0.39, 0.29) is 12.5 Å². The second kappa shape index (κ2) is 7.19. The van der Waals surface area contributed by atoms with Crippen LogP contribution in [0.3, 0.4) is 0 Å². The molecule has 1 saturated carbocycles. The van der Waals surface area contributed by atoms with Gasteiger partial charge in [-0.05, 0) is 50.5 Å². The quantitative estimate of drug-likeness (QED) is 0.697. The summed E-state index contributed by atoms with van der Waals surface area (Å²) in [6.07, 6.45) is 2.24. The number of carbonyl (C=O) groups is 1. The molecule has 3 aromatic rings. The van der Waals surface area contributed by atoms with Crippen molar-refractivity contribution in [2.75, 3.05) is 0 Å². The molecule has 7 heteroatoms. The number of amides is 1. The van der Waals surface area contributed by atoms with Gasteiger partial charge in [0.2, 0.25) is 17.7 Å². The van der Waals surface area contributed by atoms with Gasteiger partial charge in [0.05, 0.1) is 5.56 Å². The highest BCUT2D eigenvalue weighted by Gasteiger charge is 2.30. The molecule has 2 heterocycles. The average molecular weight is 385 g/mol. The molecule has 1 N–H and O–H groups in total. The molecule has 0 aliphatic heterocycles. The van der Waals surface area contributed by atoms with Crippen LogP contribution in [-0.2, 0) is 17.9 Å². The van der Waals surface area contributed by atoms with Gasteiger partial charge in [-0.1, -0.05) is 23.7 Å². The molecule has 4 rings (SSSR count). The summed E-state index contributed by atoms with van der Waals surface area (Å²) in [5.41, 5.74) is 3.77. The Hall–Kier alpha value is -2.60. The molecule has 0 saturated heterocycles. The lowest BCUT2D eigenvalue weighted by Gasteiger charge is -2.10. The Morgan fingerprint density at radius 2 is 2.11 bits per heavy atom. The smallest absolute Gasteiger partial charge is 0.249 e. The van der Waals surface area contributed by atoms with Gasteiger partial charge in [-0.3, -0.25) is 4.79 Å². The van der Waals surface area contributed by atoms with E-state index in [1.165, 1.54) is 0 Å². The van der Waals surface area contributed by atoms with Crippen molar-refractivity contribution in [1.29, 1.82) is 0 Å². The number of carbonyl (C=O) groups excluding carboxylic acids is 1. The summed E-state index contributed by atoms with van der Waals surface area (Å²) >= 11 is 5.98. The minimum atomic E-state index is -0.0625. The van der Waals surface area contributed by atoms with Crippen LogP contribution in [0.25, 0.3) is 11.5 Å². The van der Waals surface area contributed by atoms with E-state index in [0.29, 0.717) is 29.3 Å². The second-order valence-corrected chi connectivity index (χ2v) is 7.43. The summed E-state index contributed by atoms with van der Waals surface area (Å²) < 4.78 is 7.78. The number of hydrogen-bond acceptors (Lipinski definition) is 4. The maximum absolute atomic E-state index is 12.4. The summed E-state index contributed by atoms with van der Waals surface area (Å²) in [5.74, 6) is 1.60. The highest BCUT2D eigenvalue weighted by atomic mass is 35.5. The minimum Gasteiger partial charge on any atom is -0.420 e. The predicted octanol–water partition coefficient (Wildman–Crippen LogP) is 4.00. The van der Waals surface area contributed by atoms with E-state index in [9.17, 15) is 4.79 Å². The summed E-state index contributed by atoms with van der Waals surface area (Å²) in [6, 6.07) is 9.45. The largest absolute Gasteiger partial charge is 0.420 e. The highest BCUT2D eigenvalue weighted by Crippen LogP contribution is 2.40. The highest BCUT2D eigenvalue weighted by molar-refractivity contribution is 6.30. The molecule has 140 valence electrons. The standard InChI is InChI=1S/C20H21ClN4O2/c1-12-8-17(20-24-23-19(27-20)15-6-7-15)13(2)25(12)11-18(26)22-10-14-4-3-5-16(21)9-14/h3-5,8-9,15H,6-7,10-11H2,1-2H3,(H,22,26). The lowest BCUT2D eigenvalue weighted by molar-refractivity contribution is -0.121. The number of halogens is 1. The third-order valence-corrected chi connectivity index (χ3v) is 5.09. The molecule has 0 spiro atoms. The zero-order valence-electron chi connectivity index (χ0n) is 15.3. The molecule has 1 aliphatic rings. The van der Waals surface area contributed by atoms with E-state index in [1.807, 2.05) is 48.7 Å². The topological polar surface area (TPSA) is 73.0 Å². The fourth-order valence-corrected chi connectivity index (χ4v) is 3.36. The van der Waals surface area contributed by atoms with Gasteiger partial charge in [-0.2, -0.15) is 0 Å². The monoisotopic (exact) mass is 384 g/mol. The van der Waals surface area contributed by atoms with Crippen LogP contribution in [0, 0.1) is 13.8 Å². The van der Waals surface area contributed by atoms with Crippen molar-refractivity contribution in [1.82, 2.24) is 20.1 Å². The van der Waals surface area contributed by atoms with Crippen molar-refractivity contribution >= 4 is 17.5 Å². The maximum Gasteiger partial charge on any atom is 0.249 e. The second-order valence-electron chi connectivity index (χ2n) is 7.00. The van der Waals surface area contributed by atoms with Crippen LogP contribution < -0.4 is 5.32 Å². The average Bonchev–Trinajstić information content (AvgIpc) is 3.32. The van der Waals surface area contributed by atoms with Crippen molar-refractivity contribution in [2.24, 2.45) is 0 Å². The Bertz CT molecular complexity index is 988. The third-order valence-electron chi connectivity index (χ3n) is 4.85. The van der Waals surface area contributed by atoms with Gasteiger partial charge in [0.15, 0.2) is 0 Å². The first-order chi connectivity index (χ1) is 13.0. The molecular formula is C20H21ClN4O2. The molecule has 1 amide bonds. The van der Waals surface area contributed by atoms with Crippen LogP contribution in [0.15, 0.2) is 34.7 Å². The molecule has 1 aliphatic carbocycles. The molecule has 0 radical (unpaired) electrons. The number of nitrogens with zero attached hydrogens (tertiary/aromatic N) is 3. The molecule has 1 aromatic carbocycles. The number of benzene rings is 1. The van der Waals surface area contributed by atoms with Crippen molar-refractivity contribution in [3.05, 3.63) is 58.2 Å². The van der Waals surface area contributed by atoms with Crippen LogP contribution in [-0.4, -0.2) is 20.7 Å².